The van der Waals surface area contributed by atoms with Crippen LogP contribution in [0.2, 0.25) is 0 Å². The number of hydrogen-bond donors (Lipinski definition) is 3. The van der Waals surface area contributed by atoms with Gasteiger partial charge in [-0.3, -0.25) is 0 Å². The Morgan fingerprint density at radius 2 is 2.00 bits per heavy atom. The van der Waals surface area contributed by atoms with Crippen LogP contribution >= 0.6 is 23.1 Å². The molecule has 0 radical (unpaired) electrons. The van der Waals surface area contributed by atoms with Crippen LogP contribution in [0.1, 0.15) is 11.8 Å². The lowest BCUT2D eigenvalue weighted by Gasteiger charge is -2.12. The lowest BCUT2D eigenvalue weighted by atomic mass is 10.3. The van der Waals surface area contributed by atoms with Crippen molar-refractivity contribution in [3.8, 4) is 11.5 Å². The van der Waals surface area contributed by atoms with Gasteiger partial charge in [0.2, 0.25) is 0 Å². The van der Waals surface area contributed by atoms with Crippen LogP contribution in [0.15, 0.2) is 76.2 Å². The van der Waals surface area contributed by atoms with E-state index in [9.17, 15) is 9.50 Å². The number of aromatic nitrogens is 3. The highest BCUT2D eigenvalue weighted by Crippen LogP contribution is 2.36. The molecule has 0 aliphatic heterocycles. The minimum Gasteiger partial charge on any atom is -0.453 e. The quantitative estimate of drug-likeness (QED) is 0.348. The van der Waals surface area contributed by atoms with Crippen molar-refractivity contribution in [1.82, 2.24) is 15.0 Å². The van der Waals surface area contributed by atoms with Crippen LogP contribution in [0, 0.1) is 5.82 Å². The Labute approximate surface area is 185 Å². The monoisotopic (exact) mass is 456 g/mol. The molecule has 1 atom stereocenters. The maximum atomic E-state index is 13.3. The van der Waals surface area contributed by atoms with E-state index in [2.05, 4.69) is 20.3 Å². The normalized spacial score (nSPS) is 11.8. The van der Waals surface area contributed by atoms with Crippen molar-refractivity contribution in [2.75, 3.05) is 11.9 Å². The van der Waals surface area contributed by atoms with Gasteiger partial charge in [-0.25, -0.2) is 19.3 Å². The van der Waals surface area contributed by atoms with Crippen molar-refractivity contribution >= 4 is 34.0 Å². The highest BCUT2D eigenvalue weighted by Gasteiger charge is 2.15. The van der Waals surface area contributed by atoms with Gasteiger partial charge in [-0.15, -0.1) is 11.3 Å². The Bertz CT molecular complexity index is 1140. The van der Waals surface area contributed by atoms with Gasteiger partial charge in [-0.2, -0.15) is 0 Å². The molecule has 0 saturated carbocycles. The number of anilines is 2. The summed E-state index contributed by atoms with van der Waals surface area (Å²) in [6.07, 6.45) is 2.34. The van der Waals surface area contributed by atoms with Gasteiger partial charge < -0.3 is 20.3 Å². The van der Waals surface area contributed by atoms with Crippen molar-refractivity contribution < 1.29 is 19.3 Å². The summed E-state index contributed by atoms with van der Waals surface area (Å²) in [7, 11) is 0. The summed E-state index contributed by atoms with van der Waals surface area (Å²) in [4.78, 5) is 13.8. The van der Waals surface area contributed by atoms with E-state index >= 15 is 0 Å². The number of nitrogens with zero attached hydrogens (tertiary/aromatic N) is 3. The van der Waals surface area contributed by atoms with Gasteiger partial charge >= 0.3 is 0 Å². The molecule has 7 nitrogen and oxygen atoms in total. The van der Waals surface area contributed by atoms with E-state index in [1.807, 2.05) is 18.2 Å². The zero-order chi connectivity index (χ0) is 21.6. The fourth-order valence-electron chi connectivity index (χ4n) is 2.50. The fraction of sp³-hybridized carbons (Fsp3) is 0.0952. The van der Waals surface area contributed by atoms with Gasteiger partial charge in [0.05, 0.1) is 12.3 Å². The van der Waals surface area contributed by atoms with Gasteiger partial charge in [-0.05, 0) is 36.4 Å². The first-order valence-electron chi connectivity index (χ1n) is 9.14. The number of nitrogens with one attached hydrogen (secondary N) is 1. The molecule has 158 valence electrons. The van der Waals surface area contributed by atoms with Crippen molar-refractivity contribution in [1.29, 1.82) is 0 Å². The predicted molar refractivity (Wildman–Crippen MR) is 117 cm³/mol. The third kappa shape index (κ3) is 5.56. The average molecular weight is 457 g/mol. The molecule has 31 heavy (non-hydrogen) atoms. The van der Waals surface area contributed by atoms with Crippen molar-refractivity contribution in [3.05, 3.63) is 77.8 Å². The Morgan fingerprint density at radius 1 is 1.16 bits per heavy atom. The molecule has 4 aromatic rings. The zero-order valence-corrected chi connectivity index (χ0v) is 17.6. The summed E-state index contributed by atoms with van der Waals surface area (Å²) in [6, 6.07) is 13.1. The zero-order valence-electron chi connectivity index (χ0n) is 16.0. The van der Waals surface area contributed by atoms with Crippen LogP contribution in [0.4, 0.5) is 15.3 Å². The molecule has 10 heteroatoms. The molecule has 3 aromatic heterocycles. The second-order valence-electron chi connectivity index (χ2n) is 6.24. The first-order chi connectivity index (χ1) is 15.1. The van der Waals surface area contributed by atoms with Crippen LogP contribution in [-0.2, 0) is 0 Å². The summed E-state index contributed by atoms with van der Waals surface area (Å²) < 4.78 is 19.2. The first-order valence-corrected chi connectivity index (χ1v) is 10.8. The van der Waals surface area contributed by atoms with Gasteiger partial charge in [0.15, 0.2) is 16.7 Å². The summed E-state index contributed by atoms with van der Waals surface area (Å²) in [6.45, 7) is -0.417. The number of rotatable bonds is 8. The molecule has 1 aromatic carbocycles. The number of aliphatic hydroxyl groups excluding tert-OH is 2. The number of halogens is 1. The number of thiazole rings is 1. The molecule has 3 N–H and O–H groups in total. The predicted octanol–water partition coefficient (Wildman–Crippen LogP) is 4.79. The molecule has 0 aliphatic carbocycles. The largest absolute Gasteiger partial charge is 0.453 e. The fourth-order valence-corrected chi connectivity index (χ4v) is 4.03. The van der Waals surface area contributed by atoms with E-state index < -0.39 is 12.7 Å². The molecular weight excluding hydrogens is 439 g/mol. The van der Waals surface area contributed by atoms with E-state index in [0.29, 0.717) is 28.1 Å². The van der Waals surface area contributed by atoms with E-state index in [0.717, 1.165) is 9.92 Å². The summed E-state index contributed by atoms with van der Waals surface area (Å²) in [5.41, 5.74) is 0.360. The highest BCUT2D eigenvalue weighted by atomic mass is 32.2. The lowest BCUT2D eigenvalue weighted by molar-refractivity contribution is 0.0928. The van der Waals surface area contributed by atoms with E-state index in [4.69, 9.17) is 9.84 Å². The van der Waals surface area contributed by atoms with Crippen LogP contribution in [-0.4, -0.2) is 31.8 Å². The lowest BCUT2D eigenvalue weighted by Crippen LogP contribution is -2.03. The van der Waals surface area contributed by atoms with Gasteiger partial charge in [0.25, 0.3) is 0 Å². The Hall–Kier alpha value is -3.05. The number of ether oxygens (including phenoxy) is 1. The van der Waals surface area contributed by atoms with Gasteiger partial charge in [-0.1, -0.05) is 17.8 Å². The van der Waals surface area contributed by atoms with E-state index in [-0.39, 0.29) is 5.82 Å². The number of pyridine rings is 2. The van der Waals surface area contributed by atoms with Crippen LogP contribution in [0.25, 0.3) is 0 Å². The third-order valence-corrected chi connectivity index (χ3v) is 5.68. The SMILES string of the molecule is OC[C@H](O)c1csc(Nc2ncc(Sc3ccccn3)cc2Oc2ccc(F)cc2)n1. The highest BCUT2D eigenvalue weighted by molar-refractivity contribution is 7.99. The summed E-state index contributed by atoms with van der Waals surface area (Å²) in [5.74, 6) is 0.892. The Morgan fingerprint density at radius 3 is 2.74 bits per heavy atom. The number of hydrogen-bond acceptors (Lipinski definition) is 9. The average Bonchev–Trinajstić information content (AvgIpc) is 3.26. The molecule has 0 unspecified atom stereocenters. The summed E-state index contributed by atoms with van der Waals surface area (Å²) >= 11 is 2.68. The molecule has 0 bridgehead atoms. The third-order valence-electron chi connectivity index (χ3n) is 3.99. The van der Waals surface area contributed by atoms with E-state index in [1.54, 1.807) is 23.8 Å². The van der Waals surface area contributed by atoms with Crippen LogP contribution in [0.3, 0.4) is 0 Å². The second kappa shape index (κ2) is 9.84. The Balaban J connectivity index is 1.62. The van der Waals surface area contributed by atoms with E-state index in [1.165, 1.54) is 47.4 Å². The molecular formula is C21H17FN4O3S2. The number of benzene rings is 1. The van der Waals surface area contributed by atoms with Crippen molar-refractivity contribution in [3.63, 3.8) is 0 Å². The first kappa shape index (κ1) is 21.2. The number of aliphatic hydroxyl groups is 2. The molecule has 0 aliphatic rings. The molecule has 0 spiro atoms. The maximum Gasteiger partial charge on any atom is 0.188 e. The molecule has 0 fully saturated rings. The standard InChI is InChI=1S/C21H17FN4O3S2/c22-13-4-6-14(7-5-13)29-18-9-15(31-19-3-1-2-8-23-19)10-24-20(18)26-21-25-16(12-30-21)17(28)11-27/h1-10,12,17,27-28H,11H2,(H,24,25,26)/t17-/m0/s1. The van der Waals surface area contributed by atoms with Gasteiger partial charge in [0, 0.05) is 28.7 Å². The smallest absolute Gasteiger partial charge is 0.188 e. The van der Waals surface area contributed by atoms with Gasteiger partial charge in [0.1, 0.15) is 22.7 Å². The minimum atomic E-state index is -1.05. The van der Waals surface area contributed by atoms with Crippen LogP contribution in [0.5, 0.6) is 11.5 Å². The summed E-state index contributed by atoms with van der Waals surface area (Å²) in [5, 5.41) is 24.8. The van der Waals surface area contributed by atoms with Crippen molar-refractivity contribution in [2.24, 2.45) is 0 Å². The Kier molecular flexibility index (Phi) is 6.73. The molecule has 3 heterocycles. The topological polar surface area (TPSA) is 100 Å². The van der Waals surface area contributed by atoms with Crippen LogP contribution < -0.4 is 10.1 Å². The molecule has 4 rings (SSSR count). The maximum absolute atomic E-state index is 13.3. The van der Waals surface area contributed by atoms with Crippen molar-refractivity contribution in [2.45, 2.75) is 16.0 Å². The minimum absolute atomic E-state index is 0.360. The second-order valence-corrected chi connectivity index (χ2v) is 8.20. The molecule has 0 saturated heterocycles. The molecule has 0 amide bonds.